The first-order valence-corrected chi connectivity index (χ1v) is 5.81. The molecule has 19 heavy (non-hydrogen) atoms. The van der Waals surface area contributed by atoms with Gasteiger partial charge in [0.1, 0.15) is 0 Å². The topological polar surface area (TPSA) is 63.6 Å². The minimum absolute atomic E-state index is 0.0680. The van der Waals surface area contributed by atoms with E-state index >= 15 is 0 Å². The maximum Gasteiger partial charge on any atom is 0.165 e. The standard InChI is InChI=1S/C14H16N2O3/c1-18-12-5-3-4-11(13(12)17)14(19-2)16-10-6-8-15-9-7-10/h3-9,14,17H,1-2H3,(H,15,16). The highest BCUT2D eigenvalue weighted by Crippen LogP contribution is 2.34. The number of methoxy groups -OCH3 is 2. The van der Waals surface area contributed by atoms with E-state index in [1.807, 2.05) is 12.1 Å². The van der Waals surface area contributed by atoms with Crippen molar-refractivity contribution in [2.24, 2.45) is 0 Å². The molecule has 0 bridgehead atoms. The third kappa shape index (κ3) is 2.95. The van der Waals surface area contributed by atoms with E-state index in [0.29, 0.717) is 11.3 Å². The average molecular weight is 260 g/mol. The smallest absolute Gasteiger partial charge is 0.165 e. The number of hydrogen-bond donors (Lipinski definition) is 2. The van der Waals surface area contributed by atoms with Crippen LogP contribution < -0.4 is 10.1 Å². The summed E-state index contributed by atoms with van der Waals surface area (Å²) in [5.41, 5.74) is 1.46. The van der Waals surface area contributed by atoms with Gasteiger partial charge in [0, 0.05) is 30.8 Å². The molecular formula is C14H16N2O3. The maximum absolute atomic E-state index is 10.1. The molecule has 0 fully saturated rings. The second-order valence-corrected chi connectivity index (χ2v) is 3.89. The molecule has 0 amide bonds. The zero-order chi connectivity index (χ0) is 13.7. The number of rotatable bonds is 5. The van der Waals surface area contributed by atoms with Crippen LogP contribution in [0.25, 0.3) is 0 Å². The molecule has 1 unspecified atom stereocenters. The van der Waals surface area contributed by atoms with Crippen molar-refractivity contribution in [3.8, 4) is 11.5 Å². The minimum Gasteiger partial charge on any atom is -0.504 e. The molecule has 0 aliphatic rings. The SMILES string of the molecule is COc1cccc(C(Nc2ccncc2)OC)c1O. The molecule has 1 aromatic heterocycles. The number of phenolic OH excluding ortho intramolecular Hbond substituents is 1. The van der Waals surface area contributed by atoms with Crippen molar-refractivity contribution in [3.63, 3.8) is 0 Å². The molecule has 1 atom stereocenters. The number of benzene rings is 1. The van der Waals surface area contributed by atoms with Gasteiger partial charge in [-0.2, -0.15) is 0 Å². The van der Waals surface area contributed by atoms with Gasteiger partial charge in [0.25, 0.3) is 0 Å². The Morgan fingerprint density at radius 3 is 2.53 bits per heavy atom. The second-order valence-electron chi connectivity index (χ2n) is 3.89. The highest BCUT2D eigenvalue weighted by atomic mass is 16.5. The fraction of sp³-hybridized carbons (Fsp3) is 0.214. The van der Waals surface area contributed by atoms with Crippen LogP contribution in [0.1, 0.15) is 11.8 Å². The van der Waals surface area contributed by atoms with Gasteiger partial charge in [0.2, 0.25) is 0 Å². The first-order valence-electron chi connectivity index (χ1n) is 5.81. The second kappa shape index (κ2) is 6.06. The van der Waals surface area contributed by atoms with Crippen molar-refractivity contribution < 1.29 is 14.6 Å². The maximum atomic E-state index is 10.1. The van der Waals surface area contributed by atoms with Gasteiger partial charge in [-0.15, -0.1) is 0 Å². The highest BCUT2D eigenvalue weighted by molar-refractivity contribution is 5.50. The summed E-state index contributed by atoms with van der Waals surface area (Å²) in [4.78, 5) is 3.95. The van der Waals surface area contributed by atoms with Gasteiger partial charge in [0.05, 0.1) is 7.11 Å². The summed E-state index contributed by atoms with van der Waals surface area (Å²) in [6.45, 7) is 0. The van der Waals surface area contributed by atoms with E-state index < -0.39 is 6.23 Å². The number of aromatic nitrogens is 1. The third-order valence-corrected chi connectivity index (χ3v) is 2.75. The zero-order valence-electron chi connectivity index (χ0n) is 10.8. The molecule has 5 heteroatoms. The molecule has 2 rings (SSSR count). The van der Waals surface area contributed by atoms with Crippen LogP contribution in [0.2, 0.25) is 0 Å². The molecule has 0 aliphatic heterocycles. The molecule has 1 heterocycles. The van der Waals surface area contributed by atoms with Gasteiger partial charge >= 0.3 is 0 Å². The Labute approximate surface area is 111 Å². The first-order chi connectivity index (χ1) is 9.26. The van der Waals surface area contributed by atoms with Crippen LogP contribution in [0.3, 0.4) is 0 Å². The molecule has 0 spiro atoms. The lowest BCUT2D eigenvalue weighted by molar-refractivity contribution is 0.124. The number of pyridine rings is 1. The van der Waals surface area contributed by atoms with E-state index in [1.54, 1.807) is 37.7 Å². The van der Waals surface area contributed by atoms with Crippen LogP contribution in [-0.2, 0) is 4.74 Å². The average Bonchev–Trinajstić information content (AvgIpc) is 2.46. The van der Waals surface area contributed by atoms with E-state index in [-0.39, 0.29) is 5.75 Å². The lowest BCUT2D eigenvalue weighted by atomic mass is 10.1. The number of aromatic hydroxyl groups is 1. The Kier molecular flexibility index (Phi) is 4.20. The van der Waals surface area contributed by atoms with Crippen LogP contribution in [-0.4, -0.2) is 24.3 Å². The third-order valence-electron chi connectivity index (χ3n) is 2.75. The van der Waals surface area contributed by atoms with Crippen LogP contribution in [0.15, 0.2) is 42.7 Å². The molecule has 0 aliphatic carbocycles. The molecular weight excluding hydrogens is 244 g/mol. The molecule has 1 aromatic carbocycles. The summed E-state index contributed by atoms with van der Waals surface area (Å²) >= 11 is 0. The fourth-order valence-electron chi connectivity index (χ4n) is 1.78. The highest BCUT2D eigenvalue weighted by Gasteiger charge is 2.17. The Morgan fingerprint density at radius 1 is 1.16 bits per heavy atom. The van der Waals surface area contributed by atoms with Crippen molar-refractivity contribution in [2.45, 2.75) is 6.23 Å². The van der Waals surface area contributed by atoms with Gasteiger partial charge in [-0.3, -0.25) is 4.98 Å². The van der Waals surface area contributed by atoms with Crippen molar-refractivity contribution in [1.29, 1.82) is 0 Å². The number of nitrogens with one attached hydrogen (secondary N) is 1. The number of hydrogen-bond acceptors (Lipinski definition) is 5. The van der Waals surface area contributed by atoms with Gasteiger partial charge in [0.15, 0.2) is 17.7 Å². The van der Waals surface area contributed by atoms with Crippen molar-refractivity contribution in [1.82, 2.24) is 4.98 Å². The Bertz CT molecular complexity index is 531. The number of anilines is 1. The largest absolute Gasteiger partial charge is 0.504 e. The van der Waals surface area contributed by atoms with Crippen LogP contribution in [0.4, 0.5) is 5.69 Å². The summed E-state index contributed by atoms with van der Waals surface area (Å²) in [7, 11) is 3.08. The number of para-hydroxylation sites is 1. The Hall–Kier alpha value is -2.27. The predicted molar refractivity (Wildman–Crippen MR) is 72.3 cm³/mol. The van der Waals surface area contributed by atoms with Crippen LogP contribution in [0.5, 0.6) is 11.5 Å². The van der Waals surface area contributed by atoms with E-state index in [2.05, 4.69) is 10.3 Å². The van der Waals surface area contributed by atoms with Gasteiger partial charge in [-0.25, -0.2) is 0 Å². The van der Waals surface area contributed by atoms with Gasteiger partial charge in [-0.05, 0) is 18.2 Å². The van der Waals surface area contributed by atoms with Crippen LogP contribution >= 0.6 is 0 Å². The van der Waals surface area contributed by atoms with E-state index in [9.17, 15) is 5.11 Å². The Balaban J connectivity index is 2.27. The molecule has 5 nitrogen and oxygen atoms in total. The lowest BCUT2D eigenvalue weighted by Crippen LogP contribution is -2.13. The predicted octanol–water partition coefficient (Wildman–Crippen LogP) is 2.55. The monoisotopic (exact) mass is 260 g/mol. The lowest BCUT2D eigenvalue weighted by Gasteiger charge is -2.20. The molecule has 0 saturated carbocycles. The van der Waals surface area contributed by atoms with Crippen molar-refractivity contribution in [2.75, 3.05) is 19.5 Å². The van der Waals surface area contributed by atoms with Crippen molar-refractivity contribution >= 4 is 5.69 Å². The molecule has 0 radical (unpaired) electrons. The molecule has 100 valence electrons. The van der Waals surface area contributed by atoms with E-state index in [0.717, 1.165) is 5.69 Å². The van der Waals surface area contributed by atoms with Crippen LogP contribution in [0, 0.1) is 0 Å². The number of nitrogens with zero attached hydrogens (tertiary/aromatic N) is 1. The zero-order valence-corrected chi connectivity index (χ0v) is 10.8. The van der Waals surface area contributed by atoms with E-state index in [4.69, 9.17) is 9.47 Å². The summed E-state index contributed by atoms with van der Waals surface area (Å²) in [5.74, 6) is 0.481. The van der Waals surface area contributed by atoms with Gasteiger partial charge < -0.3 is 19.9 Å². The summed E-state index contributed by atoms with van der Waals surface area (Å²) in [5, 5.41) is 13.3. The van der Waals surface area contributed by atoms with Gasteiger partial charge in [-0.1, -0.05) is 12.1 Å². The van der Waals surface area contributed by atoms with Crippen molar-refractivity contribution in [3.05, 3.63) is 48.3 Å². The normalized spacial score (nSPS) is 11.9. The summed E-state index contributed by atoms with van der Waals surface area (Å²) in [6, 6.07) is 8.92. The quantitative estimate of drug-likeness (QED) is 0.809. The minimum atomic E-state index is -0.475. The number of phenols is 1. The summed E-state index contributed by atoms with van der Waals surface area (Å²) in [6.07, 6.45) is 2.89. The number of ether oxygens (including phenoxy) is 2. The first kappa shape index (κ1) is 13.2. The molecule has 0 saturated heterocycles. The fourth-order valence-corrected chi connectivity index (χ4v) is 1.78. The summed E-state index contributed by atoms with van der Waals surface area (Å²) < 4.78 is 10.5. The Morgan fingerprint density at radius 2 is 1.89 bits per heavy atom. The molecule has 2 aromatic rings. The molecule has 2 N–H and O–H groups in total. The van der Waals surface area contributed by atoms with E-state index in [1.165, 1.54) is 7.11 Å².